The van der Waals surface area contributed by atoms with Gasteiger partial charge < -0.3 is 0 Å². The van der Waals surface area contributed by atoms with Crippen molar-refractivity contribution in [3.05, 3.63) is 102 Å². The molecule has 0 amide bonds. The van der Waals surface area contributed by atoms with Crippen LogP contribution < -0.4 is 5.63 Å². The number of allylic oxidation sites excluding steroid dienone is 8. The average molecular weight is 572 g/mol. The van der Waals surface area contributed by atoms with E-state index in [9.17, 15) is 8.78 Å². The Morgan fingerprint density at radius 3 is 1.57 bits per heavy atom. The van der Waals surface area contributed by atoms with Crippen LogP contribution in [0.25, 0.3) is 0 Å². The zero-order valence-corrected chi connectivity index (χ0v) is 24.9. The summed E-state index contributed by atoms with van der Waals surface area (Å²) in [5, 5.41) is 0. The maximum absolute atomic E-state index is 13.9. The molecule has 0 unspecified atom stereocenters. The monoisotopic (exact) mass is 570 g/mol. The predicted molar refractivity (Wildman–Crippen MR) is 138 cm³/mol. The molecular weight excluding hydrogens is 538 g/mol. The summed E-state index contributed by atoms with van der Waals surface area (Å²) in [4.78, 5) is 0. The van der Waals surface area contributed by atoms with E-state index in [0.29, 0.717) is 11.5 Å². The third-order valence-electron chi connectivity index (χ3n) is 7.11. The Labute approximate surface area is 210 Å². The van der Waals surface area contributed by atoms with Crippen LogP contribution in [-0.2, 0) is 18.3 Å². The van der Waals surface area contributed by atoms with Crippen molar-refractivity contribution >= 4 is 5.43 Å². The summed E-state index contributed by atoms with van der Waals surface area (Å²) in [6.07, 6.45) is 10.6. The fourth-order valence-corrected chi connectivity index (χ4v) is 32.6. The number of hydrogen-bond donors (Lipinski definition) is 0. The van der Waals surface area contributed by atoms with E-state index in [1.807, 2.05) is 0 Å². The van der Waals surface area contributed by atoms with Gasteiger partial charge in [-0.1, -0.05) is 0 Å². The van der Waals surface area contributed by atoms with Crippen LogP contribution in [0.3, 0.4) is 0 Å². The molecule has 0 fully saturated rings. The quantitative estimate of drug-likeness (QED) is 0.323. The number of halogens is 2. The summed E-state index contributed by atoms with van der Waals surface area (Å²) in [7, 11) is 0. The third kappa shape index (κ3) is 4.72. The van der Waals surface area contributed by atoms with E-state index < -0.39 is 23.7 Å². The molecule has 0 radical (unpaired) electrons. The van der Waals surface area contributed by atoms with Gasteiger partial charge in [-0.2, -0.15) is 0 Å². The van der Waals surface area contributed by atoms with Gasteiger partial charge in [0, 0.05) is 0 Å². The molecule has 2 aromatic carbocycles. The molecule has 0 aliphatic heterocycles. The van der Waals surface area contributed by atoms with Gasteiger partial charge in [-0.05, 0) is 0 Å². The van der Waals surface area contributed by atoms with Gasteiger partial charge >= 0.3 is 211 Å². The van der Waals surface area contributed by atoms with Crippen LogP contribution in [0.5, 0.6) is 11.5 Å². The first-order valence-corrected chi connectivity index (χ1v) is 22.7. The molecule has 0 heterocycles. The standard InChI is InChI=1S/C9H13.2C6H5FO.C6H7.C2H6Si.Zr/c1-9(2,3)8-6-4-5-7-8;2*7-5-1-3-6(8)4-2-5;1-6-4-2-3-5-6;1-3-2;/h6-7H,4H2,1-3H3;2*1-4,8H;4-5H,2H2,1H3;1-2H3;/q;;;;;+2/p-2. The van der Waals surface area contributed by atoms with Crippen molar-refractivity contribution in [2.75, 3.05) is 0 Å². The van der Waals surface area contributed by atoms with Crippen molar-refractivity contribution in [3.8, 4) is 11.5 Å². The zero-order chi connectivity index (χ0) is 25.5. The maximum atomic E-state index is 13.9. The summed E-state index contributed by atoms with van der Waals surface area (Å²) < 4.78 is 44.7. The summed E-state index contributed by atoms with van der Waals surface area (Å²) >= 11 is -5.07. The Bertz CT molecular complexity index is 1280. The van der Waals surface area contributed by atoms with E-state index in [1.165, 1.54) is 42.0 Å². The molecule has 0 bridgehead atoms. The van der Waals surface area contributed by atoms with E-state index in [1.54, 1.807) is 24.3 Å². The Kier molecular flexibility index (Phi) is 7.02. The van der Waals surface area contributed by atoms with Gasteiger partial charge in [-0.25, -0.2) is 0 Å². The van der Waals surface area contributed by atoms with Crippen LogP contribution in [-0.4, -0.2) is 5.43 Å². The normalized spacial score (nSPS) is 16.4. The van der Waals surface area contributed by atoms with Gasteiger partial charge in [0.15, 0.2) is 0 Å². The summed E-state index contributed by atoms with van der Waals surface area (Å²) in [6.45, 7) is 13.3. The molecule has 2 aliphatic rings. The molecule has 0 saturated carbocycles. The van der Waals surface area contributed by atoms with E-state index in [0.717, 1.165) is 12.8 Å². The minimum absolute atomic E-state index is 0.0150. The molecule has 2 aliphatic carbocycles. The van der Waals surface area contributed by atoms with Crippen molar-refractivity contribution < 1.29 is 32.7 Å². The molecule has 184 valence electrons. The fraction of sp³-hybridized carbons (Fsp3) is 0.310. The van der Waals surface area contributed by atoms with Crippen LogP contribution >= 0.6 is 0 Å². The van der Waals surface area contributed by atoms with Crippen LogP contribution in [0, 0.1) is 17.0 Å². The molecule has 2 nitrogen and oxygen atoms in total. The Morgan fingerprint density at radius 2 is 1.20 bits per heavy atom. The van der Waals surface area contributed by atoms with E-state index in [2.05, 4.69) is 65.1 Å². The Balaban J connectivity index is 2.06. The summed E-state index contributed by atoms with van der Waals surface area (Å²) in [5.74, 6) is 0.612. The SMILES string of the molecule is CC1=CC[C]([Zr]([O]c2ccc(F)cc2)([O]c2ccc(F)cc2)([C]2=CC(C(C)(C)C)=CC2)=[Si](C)C)=C1. The van der Waals surface area contributed by atoms with Crippen molar-refractivity contribution in [2.45, 2.75) is 53.6 Å². The second-order valence-corrected chi connectivity index (χ2v) is 35.0. The number of benzene rings is 2. The fourth-order valence-electron chi connectivity index (χ4n) is 5.14. The first-order valence-electron chi connectivity index (χ1n) is 12.1. The van der Waals surface area contributed by atoms with Gasteiger partial charge in [0.05, 0.1) is 0 Å². The molecule has 4 rings (SSSR count). The predicted octanol–water partition coefficient (Wildman–Crippen LogP) is 8.69. The first kappa shape index (κ1) is 26.0. The van der Waals surface area contributed by atoms with Crippen molar-refractivity contribution in [1.82, 2.24) is 0 Å². The third-order valence-corrected chi connectivity index (χ3v) is 37.9. The van der Waals surface area contributed by atoms with Crippen molar-refractivity contribution in [3.63, 3.8) is 0 Å². The van der Waals surface area contributed by atoms with E-state index in [4.69, 9.17) is 5.63 Å². The average Bonchev–Trinajstić information content (AvgIpc) is 3.47. The first-order chi connectivity index (χ1) is 16.4. The van der Waals surface area contributed by atoms with Crippen LogP contribution in [0.15, 0.2) is 90.5 Å². The van der Waals surface area contributed by atoms with Crippen molar-refractivity contribution in [1.29, 1.82) is 0 Å². The van der Waals surface area contributed by atoms with Crippen LogP contribution in [0.1, 0.15) is 40.5 Å². The van der Waals surface area contributed by atoms with Gasteiger partial charge in [0.2, 0.25) is 0 Å². The summed E-state index contributed by atoms with van der Waals surface area (Å²) in [6, 6.07) is 12.5. The number of rotatable bonds is 6. The molecule has 2 aromatic rings. The Hall–Kier alpha value is -2.04. The van der Waals surface area contributed by atoms with Gasteiger partial charge in [0.1, 0.15) is 0 Å². The van der Waals surface area contributed by atoms with Gasteiger partial charge in [-0.3, -0.25) is 0 Å². The zero-order valence-electron chi connectivity index (χ0n) is 21.4. The molecule has 35 heavy (non-hydrogen) atoms. The molecule has 0 N–H and O–H groups in total. The van der Waals surface area contributed by atoms with Gasteiger partial charge in [-0.15, -0.1) is 0 Å². The molecule has 0 aromatic heterocycles. The number of hydrogen-bond acceptors (Lipinski definition) is 2. The van der Waals surface area contributed by atoms with Gasteiger partial charge in [0.25, 0.3) is 0 Å². The molecule has 0 saturated heterocycles. The second-order valence-electron chi connectivity index (χ2n) is 10.8. The van der Waals surface area contributed by atoms with E-state index in [-0.39, 0.29) is 17.0 Å². The second kappa shape index (κ2) is 9.44. The van der Waals surface area contributed by atoms with Crippen molar-refractivity contribution in [2.24, 2.45) is 5.41 Å². The summed E-state index contributed by atoms with van der Waals surface area (Å²) in [5.41, 5.74) is 1.16. The van der Waals surface area contributed by atoms with Crippen LogP contribution in [0.2, 0.25) is 13.1 Å². The van der Waals surface area contributed by atoms with E-state index >= 15 is 0 Å². The molecular formula is C29H34F2O2SiZr. The molecule has 0 atom stereocenters. The topological polar surface area (TPSA) is 18.5 Å². The Morgan fingerprint density at radius 1 is 0.743 bits per heavy atom. The molecule has 0 spiro atoms. The molecule has 6 heteroatoms. The minimum atomic E-state index is -5.07. The van der Waals surface area contributed by atoms with Crippen LogP contribution in [0.4, 0.5) is 8.78 Å².